The van der Waals surface area contributed by atoms with Gasteiger partial charge in [0, 0.05) is 13.6 Å². The summed E-state index contributed by atoms with van der Waals surface area (Å²) in [4.78, 5) is 20.4. The number of carboxylic acids is 1. The molecule has 0 aliphatic heterocycles. The van der Waals surface area contributed by atoms with Crippen LogP contribution in [-0.4, -0.2) is 34.6 Å². The summed E-state index contributed by atoms with van der Waals surface area (Å²) in [6, 6.07) is 0. The lowest BCUT2D eigenvalue weighted by atomic mass is 10.2. The van der Waals surface area contributed by atoms with Gasteiger partial charge in [0.1, 0.15) is 5.82 Å². The molecule has 0 aliphatic carbocycles. The molecule has 0 atom stereocenters. The minimum atomic E-state index is -1.16. The second-order valence-electron chi connectivity index (χ2n) is 4.04. The molecule has 0 aromatic carbocycles. The molecule has 0 fully saturated rings. The van der Waals surface area contributed by atoms with E-state index in [9.17, 15) is 4.79 Å². The summed E-state index contributed by atoms with van der Waals surface area (Å²) in [5.74, 6) is -0.160. The fourth-order valence-corrected chi connectivity index (χ4v) is 1.38. The normalized spacial score (nSPS) is 10.5. The Morgan fingerprint density at radius 1 is 1.62 bits per heavy atom. The minimum absolute atomic E-state index is 0.0550. The maximum Gasteiger partial charge on any atom is 0.358 e. The number of rotatable bonds is 4. The summed E-state index contributed by atoms with van der Waals surface area (Å²) in [5.41, 5.74) is 5.30. The van der Waals surface area contributed by atoms with Gasteiger partial charge >= 0.3 is 5.97 Å². The third-order valence-corrected chi connectivity index (χ3v) is 2.02. The van der Waals surface area contributed by atoms with Crippen molar-refractivity contribution in [3.05, 3.63) is 11.9 Å². The predicted octanol–water partition coefficient (Wildman–Crippen LogP) is 0.849. The van der Waals surface area contributed by atoms with Crippen molar-refractivity contribution in [3.8, 4) is 0 Å². The van der Waals surface area contributed by atoms with Gasteiger partial charge in [-0.2, -0.15) is 0 Å². The van der Waals surface area contributed by atoms with Crippen molar-refractivity contribution < 1.29 is 9.90 Å². The van der Waals surface area contributed by atoms with Gasteiger partial charge in [0.2, 0.25) is 0 Å². The van der Waals surface area contributed by atoms with Crippen molar-refractivity contribution in [2.24, 2.45) is 5.92 Å². The van der Waals surface area contributed by atoms with E-state index in [0.717, 1.165) is 6.54 Å². The van der Waals surface area contributed by atoms with Gasteiger partial charge < -0.3 is 15.7 Å². The van der Waals surface area contributed by atoms with E-state index < -0.39 is 5.97 Å². The van der Waals surface area contributed by atoms with Crippen LogP contribution >= 0.6 is 0 Å². The first-order valence-corrected chi connectivity index (χ1v) is 4.98. The molecule has 3 N–H and O–H groups in total. The molecule has 0 bridgehead atoms. The molecule has 0 spiro atoms. The van der Waals surface area contributed by atoms with E-state index in [1.54, 1.807) is 0 Å². The molecule has 1 aromatic rings. The van der Waals surface area contributed by atoms with Crippen LogP contribution < -0.4 is 10.6 Å². The van der Waals surface area contributed by atoms with Gasteiger partial charge in [-0.3, -0.25) is 0 Å². The van der Waals surface area contributed by atoms with Crippen molar-refractivity contribution >= 4 is 17.6 Å². The number of nitrogens with zero attached hydrogens (tertiary/aromatic N) is 3. The highest BCUT2D eigenvalue weighted by Crippen LogP contribution is 2.14. The lowest BCUT2D eigenvalue weighted by Gasteiger charge is -2.20. The van der Waals surface area contributed by atoms with Gasteiger partial charge in [0.15, 0.2) is 11.5 Å². The smallest absolute Gasteiger partial charge is 0.358 e. The molecule has 1 rings (SSSR count). The van der Waals surface area contributed by atoms with Gasteiger partial charge in [-0.05, 0) is 5.92 Å². The first kappa shape index (κ1) is 12.2. The zero-order chi connectivity index (χ0) is 12.3. The van der Waals surface area contributed by atoms with E-state index in [1.165, 1.54) is 6.20 Å². The molecule has 0 saturated heterocycles. The highest BCUT2D eigenvalue weighted by molar-refractivity contribution is 5.90. The number of hydrogen-bond donors (Lipinski definition) is 2. The summed E-state index contributed by atoms with van der Waals surface area (Å²) in [5, 5.41) is 8.74. The molecule has 0 aliphatic rings. The number of hydrogen-bond acceptors (Lipinski definition) is 5. The topological polar surface area (TPSA) is 92.3 Å². The molecule has 1 aromatic heterocycles. The number of nitrogen functional groups attached to an aromatic ring is 1. The van der Waals surface area contributed by atoms with Gasteiger partial charge in [0.05, 0.1) is 6.20 Å². The average molecular weight is 224 g/mol. The summed E-state index contributed by atoms with van der Waals surface area (Å²) < 4.78 is 0. The maximum absolute atomic E-state index is 10.7. The molecule has 1 heterocycles. The molecule has 6 nitrogen and oxygen atoms in total. The van der Waals surface area contributed by atoms with Gasteiger partial charge in [-0.25, -0.2) is 14.8 Å². The summed E-state index contributed by atoms with van der Waals surface area (Å²) in [6.07, 6.45) is 1.42. The molecule has 6 heteroatoms. The van der Waals surface area contributed by atoms with E-state index in [0.29, 0.717) is 11.7 Å². The SMILES string of the molecule is CC(C)CN(C)c1cnc(C(=O)O)c(N)n1. The van der Waals surface area contributed by atoms with Crippen LogP contribution in [0.25, 0.3) is 0 Å². The Balaban J connectivity index is 2.92. The second kappa shape index (κ2) is 4.78. The first-order valence-electron chi connectivity index (χ1n) is 4.98. The highest BCUT2D eigenvalue weighted by Gasteiger charge is 2.13. The van der Waals surface area contributed by atoms with Crippen molar-refractivity contribution in [3.63, 3.8) is 0 Å². The molecule has 0 radical (unpaired) electrons. The van der Waals surface area contributed by atoms with E-state index in [4.69, 9.17) is 10.8 Å². The standard InChI is InChI=1S/C10H16N4O2/c1-6(2)5-14(3)7-4-12-8(10(15)16)9(11)13-7/h4,6H,5H2,1-3H3,(H2,11,13)(H,15,16). The van der Waals surface area contributed by atoms with Gasteiger partial charge in [0.25, 0.3) is 0 Å². The van der Waals surface area contributed by atoms with Crippen molar-refractivity contribution in [1.29, 1.82) is 0 Å². The molecule has 0 saturated carbocycles. The highest BCUT2D eigenvalue weighted by atomic mass is 16.4. The molecular weight excluding hydrogens is 208 g/mol. The molecule has 88 valence electrons. The Bertz CT molecular complexity index is 392. The lowest BCUT2D eigenvalue weighted by Crippen LogP contribution is -2.24. The van der Waals surface area contributed by atoms with Crippen LogP contribution in [0.5, 0.6) is 0 Å². The lowest BCUT2D eigenvalue weighted by molar-refractivity contribution is 0.0691. The van der Waals surface area contributed by atoms with E-state index in [-0.39, 0.29) is 11.5 Å². The monoisotopic (exact) mass is 224 g/mol. The summed E-state index contributed by atoms with van der Waals surface area (Å²) >= 11 is 0. The third-order valence-electron chi connectivity index (χ3n) is 2.02. The number of anilines is 2. The van der Waals surface area contributed by atoms with Crippen LogP contribution in [0.1, 0.15) is 24.3 Å². The Kier molecular flexibility index (Phi) is 3.65. The third kappa shape index (κ3) is 2.82. The first-order chi connectivity index (χ1) is 7.41. The average Bonchev–Trinajstić information content (AvgIpc) is 2.15. The number of nitrogens with two attached hydrogens (primary N) is 1. The van der Waals surface area contributed by atoms with Crippen molar-refractivity contribution in [2.75, 3.05) is 24.2 Å². The second-order valence-corrected chi connectivity index (χ2v) is 4.04. The van der Waals surface area contributed by atoms with Crippen LogP contribution in [-0.2, 0) is 0 Å². The Morgan fingerprint density at radius 3 is 2.69 bits per heavy atom. The number of carboxylic acid groups (broad SMARTS) is 1. The molecule has 16 heavy (non-hydrogen) atoms. The molecule has 0 unspecified atom stereocenters. The quantitative estimate of drug-likeness (QED) is 0.787. The van der Waals surface area contributed by atoms with Crippen LogP contribution in [0.4, 0.5) is 11.6 Å². The predicted molar refractivity (Wildman–Crippen MR) is 61.5 cm³/mol. The van der Waals surface area contributed by atoms with Crippen molar-refractivity contribution in [2.45, 2.75) is 13.8 Å². The van der Waals surface area contributed by atoms with Crippen LogP contribution in [0.15, 0.2) is 6.20 Å². The molecular formula is C10H16N4O2. The van der Waals surface area contributed by atoms with Crippen LogP contribution in [0, 0.1) is 5.92 Å². The van der Waals surface area contributed by atoms with Crippen LogP contribution in [0.3, 0.4) is 0 Å². The number of aromatic carboxylic acids is 1. The number of aromatic nitrogens is 2. The summed E-state index contributed by atoms with van der Waals surface area (Å²) in [7, 11) is 1.86. The van der Waals surface area contributed by atoms with Gasteiger partial charge in [-0.15, -0.1) is 0 Å². The largest absolute Gasteiger partial charge is 0.476 e. The van der Waals surface area contributed by atoms with Gasteiger partial charge in [-0.1, -0.05) is 13.8 Å². The zero-order valence-corrected chi connectivity index (χ0v) is 9.64. The van der Waals surface area contributed by atoms with Crippen molar-refractivity contribution in [1.82, 2.24) is 9.97 Å². The summed E-state index contributed by atoms with van der Waals surface area (Å²) in [6.45, 7) is 4.97. The Hall–Kier alpha value is -1.85. The Morgan fingerprint density at radius 2 is 2.25 bits per heavy atom. The Labute approximate surface area is 94.1 Å². The van der Waals surface area contributed by atoms with E-state index in [1.807, 2.05) is 11.9 Å². The van der Waals surface area contributed by atoms with Crippen LogP contribution in [0.2, 0.25) is 0 Å². The fraction of sp³-hybridized carbons (Fsp3) is 0.500. The zero-order valence-electron chi connectivity index (χ0n) is 9.64. The maximum atomic E-state index is 10.7. The molecule has 0 amide bonds. The minimum Gasteiger partial charge on any atom is -0.476 e. The number of carbonyl (C=O) groups is 1. The fourth-order valence-electron chi connectivity index (χ4n) is 1.38. The van der Waals surface area contributed by atoms with E-state index >= 15 is 0 Å². The van der Waals surface area contributed by atoms with E-state index in [2.05, 4.69) is 23.8 Å².